The second-order valence-corrected chi connectivity index (χ2v) is 7.10. The lowest BCUT2D eigenvalue weighted by Crippen LogP contribution is -2.35. The SMILES string of the molecule is O=C(O)C1CCN(Cc2ccc(-c3ccccc3[N+](=O)[O-])s2)CC1. The van der Waals surface area contributed by atoms with E-state index in [0.29, 0.717) is 18.4 Å². The van der Waals surface area contributed by atoms with E-state index in [-0.39, 0.29) is 16.5 Å². The zero-order chi connectivity index (χ0) is 17.1. The summed E-state index contributed by atoms with van der Waals surface area (Å²) in [7, 11) is 0. The van der Waals surface area contributed by atoms with E-state index in [2.05, 4.69) is 4.90 Å². The summed E-state index contributed by atoms with van der Waals surface area (Å²) >= 11 is 1.56. The number of carboxylic acids is 1. The highest BCUT2D eigenvalue weighted by molar-refractivity contribution is 7.15. The van der Waals surface area contributed by atoms with Gasteiger partial charge in [-0.15, -0.1) is 11.3 Å². The molecule has 1 aliphatic heterocycles. The van der Waals surface area contributed by atoms with Gasteiger partial charge in [0.05, 0.1) is 16.4 Å². The van der Waals surface area contributed by atoms with Crippen LogP contribution < -0.4 is 0 Å². The summed E-state index contributed by atoms with van der Waals surface area (Å²) in [5.74, 6) is -0.934. The van der Waals surface area contributed by atoms with Crippen molar-refractivity contribution in [1.29, 1.82) is 0 Å². The number of hydrogen-bond acceptors (Lipinski definition) is 5. The molecule has 3 rings (SSSR count). The Hall–Kier alpha value is -2.25. The number of aliphatic carboxylic acids is 1. The minimum Gasteiger partial charge on any atom is -0.481 e. The minimum atomic E-state index is -0.704. The van der Waals surface area contributed by atoms with Gasteiger partial charge in [0.15, 0.2) is 0 Å². The topological polar surface area (TPSA) is 83.7 Å². The van der Waals surface area contributed by atoms with Gasteiger partial charge in [0.1, 0.15) is 0 Å². The number of para-hydroxylation sites is 1. The van der Waals surface area contributed by atoms with E-state index in [1.54, 1.807) is 29.5 Å². The molecule has 2 aromatic rings. The quantitative estimate of drug-likeness (QED) is 0.660. The minimum absolute atomic E-state index is 0.119. The zero-order valence-electron chi connectivity index (χ0n) is 13.1. The van der Waals surface area contributed by atoms with Crippen molar-refractivity contribution in [2.75, 3.05) is 13.1 Å². The van der Waals surface area contributed by atoms with Crippen molar-refractivity contribution in [1.82, 2.24) is 4.90 Å². The summed E-state index contributed by atoms with van der Waals surface area (Å²) in [5, 5.41) is 20.2. The Morgan fingerprint density at radius 2 is 1.96 bits per heavy atom. The molecule has 0 radical (unpaired) electrons. The zero-order valence-corrected chi connectivity index (χ0v) is 13.9. The maximum absolute atomic E-state index is 11.2. The third-order valence-electron chi connectivity index (χ3n) is 4.34. The molecule has 0 aliphatic carbocycles. The maximum Gasteiger partial charge on any atom is 0.306 e. The fourth-order valence-electron chi connectivity index (χ4n) is 3.01. The van der Waals surface area contributed by atoms with Gasteiger partial charge in [0, 0.05) is 22.4 Å². The number of nitro groups is 1. The van der Waals surface area contributed by atoms with Crippen LogP contribution in [0, 0.1) is 16.0 Å². The van der Waals surface area contributed by atoms with E-state index in [9.17, 15) is 14.9 Å². The molecule has 1 N–H and O–H groups in total. The Kier molecular flexibility index (Phi) is 4.92. The summed E-state index contributed by atoms with van der Waals surface area (Å²) in [6.45, 7) is 2.31. The van der Waals surface area contributed by atoms with Gasteiger partial charge >= 0.3 is 5.97 Å². The van der Waals surface area contributed by atoms with Gasteiger partial charge in [0.2, 0.25) is 0 Å². The number of nitro benzene ring substituents is 1. The number of nitrogens with zero attached hydrogens (tertiary/aromatic N) is 2. The lowest BCUT2D eigenvalue weighted by Gasteiger charge is -2.29. The normalized spacial score (nSPS) is 16.2. The Morgan fingerprint density at radius 3 is 2.62 bits per heavy atom. The molecule has 2 heterocycles. The Balaban J connectivity index is 1.69. The molecule has 0 saturated carbocycles. The van der Waals surface area contributed by atoms with E-state index in [0.717, 1.165) is 29.4 Å². The molecule has 6 nitrogen and oxygen atoms in total. The molecule has 0 spiro atoms. The molecule has 1 aromatic heterocycles. The first-order valence-electron chi connectivity index (χ1n) is 7.82. The Labute approximate surface area is 143 Å². The standard InChI is InChI=1S/C17H18N2O4S/c20-17(21)12-7-9-18(10-8-12)11-13-5-6-16(24-13)14-3-1-2-4-15(14)19(22)23/h1-6,12H,7-11H2,(H,20,21). The number of carboxylic acid groups (broad SMARTS) is 1. The molecule has 0 amide bonds. The van der Waals surface area contributed by atoms with E-state index in [1.165, 1.54) is 6.07 Å². The van der Waals surface area contributed by atoms with Crippen molar-refractivity contribution in [3.63, 3.8) is 0 Å². The number of rotatable bonds is 5. The maximum atomic E-state index is 11.2. The number of benzene rings is 1. The molecule has 7 heteroatoms. The van der Waals surface area contributed by atoms with Crippen molar-refractivity contribution in [3.05, 3.63) is 51.4 Å². The van der Waals surface area contributed by atoms with E-state index in [4.69, 9.17) is 5.11 Å². The number of hydrogen-bond donors (Lipinski definition) is 1. The molecule has 0 atom stereocenters. The van der Waals surface area contributed by atoms with Crippen LogP contribution in [0.2, 0.25) is 0 Å². The molecule has 1 fully saturated rings. The van der Waals surface area contributed by atoms with E-state index < -0.39 is 5.97 Å². The number of piperidine rings is 1. The van der Waals surface area contributed by atoms with Crippen molar-refractivity contribution in [2.24, 2.45) is 5.92 Å². The Bertz CT molecular complexity index is 751. The summed E-state index contributed by atoms with van der Waals surface area (Å²) in [5.41, 5.74) is 0.761. The summed E-state index contributed by atoms with van der Waals surface area (Å²) in [6, 6.07) is 10.7. The molecule has 1 saturated heterocycles. The highest BCUT2D eigenvalue weighted by Gasteiger charge is 2.24. The van der Waals surface area contributed by atoms with Crippen LogP contribution in [0.4, 0.5) is 5.69 Å². The van der Waals surface area contributed by atoms with Crippen LogP contribution in [-0.4, -0.2) is 34.0 Å². The molecular formula is C17H18N2O4S. The van der Waals surface area contributed by atoms with Crippen molar-refractivity contribution in [3.8, 4) is 10.4 Å². The van der Waals surface area contributed by atoms with Crippen LogP contribution >= 0.6 is 11.3 Å². The molecular weight excluding hydrogens is 328 g/mol. The number of thiophene rings is 1. The van der Waals surface area contributed by atoms with Gasteiger partial charge in [-0.25, -0.2) is 0 Å². The highest BCUT2D eigenvalue weighted by Crippen LogP contribution is 2.35. The molecule has 24 heavy (non-hydrogen) atoms. The second kappa shape index (κ2) is 7.11. The molecule has 1 aromatic carbocycles. The lowest BCUT2D eigenvalue weighted by molar-refractivity contribution is -0.384. The third-order valence-corrected chi connectivity index (χ3v) is 5.45. The van der Waals surface area contributed by atoms with Crippen LogP contribution in [-0.2, 0) is 11.3 Å². The Morgan fingerprint density at radius 1 is 1.25 bits per heavy atom. The average molecular weight is 346 g/mol. The summed E-state index contributed by atoms with van der Waals surface area (Å²) in [6.07, 6.45) is 1.36. The largest absolute Gasteiger partial charge is 0.481 e. The van der Waals surface area contributed by atoms with E-state index >= 15 is 0 Å². The highest BCUT2D eigenvalue weighted by atomic mass is 32.1. The first-order valence-corrected chi connectivity index (χ1v) is 8.64. The molecule has 0 bridgehead atoms. The van der Waals surface area contributed by atoms with Crippen molar-refractivity contribution in [2.45, 2.75) is 19.4 Å². The predicted octanol–water partition coefficient (Wildman–Crippen LogP) is 3.62. The van der Waals surface area contributed by atoms with Crippen LogP contribution in [0.1, 0.15) is 17.7 Å². The number of likely N-dealkylation sites (tertiary alicyclic amines) is 1. The third kappa shape index (κ3) is 3.63. The van der Waals surface area contributed by atoms with Crippen LogP contribution in [0.5, 0.6) is 0 Å². The summed E-state index contributed by atoms with van der Waals surface area (Å²) in [4.78, 5) is 26.1. The predicted molar refractivity (Wildman–Crippen MR) is 92.0 cm³/mol. The molecule has 0 unspecified atom stereocenters. The fourth-order valence-corrected chi connectivity index (χ4v) is 4.09. The smallest absolute Gasteiger partial charge is 0.306 e. The van der Waals surface area contributed by atoms with Crippen LogP contribution in [0.3, 0.4) is 0 Å². The second-order valence-electron chi connectivity index (χ2n) is 5.93. The van der Waals surface area contributed by atoms with Crippen molar-refractivity contribution < 1.29 is 14.8 Å². The number of carbonyl (C=O) groups is 1. The molecule has 126 valence electrons. The van der Waals surface area contributed by atoms with E-state index in [1.807, 2.05) is 12.1 Å². The first kappa shape index (κ1) is 16.6. The molecule has 1 aliphatic rings. The fraction of sp³-hybridized carbons (Fsp3) is 0.353. The van der Waals surface area contributed by atoms with Gasteiger partial charge in [-0.05, 0) is 44.1 Å². The van der Waals surface area contributed by atoms with Crippen molar-refractivity contribution >= 4 is 23.0 Å². The van der Waals surface area contributed by atoms with Crippen LogP contribution in [0.15, 0.2) is 36.4 Å². The van der Waals surface area contributed by atoms with Crippen LogP contribution in [0.25, 0.3) is 10.4 Å². The van der Waals surface area contributed by atoms with Gasteiger partial charge in [-0.3, -0.25) is 19.8 Å². The van der Waals surface area contributed by atoms with Gasteiger partial charge in [0.25, 0.3) is 5.69 Å². The monoisotopic (exact) mass is 346 g/mol. The van der Waals surface area contributed by atoms with Gasteiger partial charge in [-0.1, -0.05) is 12.1 Å². The van der Waals surface area contributed by atoms with Gasteiger partial charge < -0.3 is 5.11 Å². The first-order chi connectivity index (χ1) is 11.5. The summed E-state index contributed by atoms with van der Waals surface area (Å²) < 4.78 is 0. The average Bonchev–Trinajstić information content (AvgIpc) is 3.03. The lowest BCUT2D eigenvalue weighted by atomic mass is 9.97. The van der Waals surface area contributed by atoms with Gasteiger partial charge in [-0.2, -0.15) is 0 Å².